The maximum absolute atomic E-state index is 12.4. The van der Waals surface area contributed by atoms with Gasteiger partial charge in [0.1, 0.15) is 0 Å². The monoisotopic (exact) mass is 238 g/mol. The Labute approximate surface area is 88.2 Å². The van der Waals surface area contributed by atoms with Crippen LogP contribution in [-0.4, -0.2) is 5.37 Å². The number of amides is 1. The first-order valence-corrected chi connectivity index (χ1v) is 4.12. The first-order chi connectivity index (χ1) is 6.84. The summed E-state index contributed by atoms with van der Waals surface area (Å²) < 4.78 is 37.3. The van der Waals surface area contributed by atoms with Crippen LogP contribution >= 0.6 is 11.6 Å². The van der Waals surface area contributed by atoms with Gasteiger partial charge in [-0.15, -0.1) is 0 Å². The molecule has 0 saturated heterocycles. The van der Waals surface area contributed by atoms with E-state index < -0.39 is 22.8 Å². The normalized spacial score (nSPS) is 11.3. The Morgan fingerprint density at radius 2 is 1.87 bits per heavy atom. The Balaban J connectivity index is 3.24. The number of para-hydroxylation sites is 1. The number of alkyl halides is 3. The highest BCUT2D eigenvalue weighted by molar-refractivity contribution is 6.66. The van der Waals surface area contributed by atoms with E-state index in [9.17, 15) is 18.0 Å². The molecule has 0 unspecified atom stereocenters. The number of carbonyl (C=O) groups excluding carboxylic acids is 1. The molecule has 0 aromatic heterocycles. The molecule has 7 heteroatoms. The van der Waals surface area contributed by atoms with E-state index in [1.54, 1.807) is 0 Å². The first kappa shape index (κ1) is 11.8. The van der Waals surface area contributed by atoms with Crippen LogP contribution in [0.1, 0.15) is 5.56 Å². The zero-order chi connectivity index (χ0) is 11.6. The van der Waals surface area contributed by atoms with Crippen LogP contribution < -0.4 is 10.9 Å². The number of nitrogens with two attached hydrogens (primary N) is 1. The zero-order valence-electron chi connectivity index (χ0n) is 7.25. The molecule has 0 fully saturated rings. The number of rotatable bonds is 1. The Hall–Kier alpha value is -1.27. The molecule has 0 heterocycles. The van der Waals surface area contributed by atoms with Gasteiger partial charge in [-0.05, 0) is 23.7 Å². The summed E-state index contributed by atoms with van der Waals surface area (Å²) in [6.45, 7) is 0. The van der Waals surface area contributed by atoms with Gasteiger partial charge in [0.05, 0.1) is 11.3 Å². The standard InChI is InChI=1S/C8H6ClF3N2O/c9-7(15)14(13)6-4-2-1-3-5(6)8(10,11)12/h1-4H,13H2. The van der Waals surface area contributed by atoms with Gasteiger partial charge in [0.25, 0.3) is 0 Å². The third-order valence-electron chi connectivity index (χ3n) is 1.66. The molecule has 3 nitrogen and oxygen atoms in total. The van der Waals surface area contributed by atoms with Gasteiger partial charge >= 0.3 is 11.5 Å². The van der Waals surface area contributed by atoms with E-state index in [1.807, 2.05) is 0 Å². The van der Waals surface area contributed by atoms with Crippen molar-refractivity contribution in [3.8, 4) is 0 Å². The lowest BCUT2D eigenvalue weighted by molar-refractivity contribution is -0.137. The van der Waals surface area contributed by atoms with Gasteiger partial charge in [0.2, 0.25) is 0 Å². The first-order valence-electron chi connectivity index (χ1n) is 3.74. The number of hydrogen-bond donors (Lipinski definition) is 1. The average molecular weight is 239 g/mol. The Morgan fingerprint density at radius 3 is 2.33 bits per heavy atom. The maximum atomic E-state index is 12.4. The fraction of sp³-hybridized carbons (Fsp3) is 0.125. The highest BCUT2D eigenvalue weighted by atomic mass is 35.5. The summed E-state index contributed by atoms with van der Waals surface area (Å²) in [7, 11) is 0. The topological polar surface area (TPSA) is 46.3 Å². The van der Waals surface area contributed by atoms with Gasteiger partial charge in [0.15, 0.2) is 0 Å². The highest BCUT2D eigenvalue weighted by Gasteiger charge is 2.35. The molecule has 0 spiro atoms. The predicted octanol–water partition coefficient (Wildman–Crippen LogP) is 2.74. The van der Waals surface area contributed by atoms with E-state index in [-0.39, 0.29) is 5.01 Å². The maximum Gasteiger partial charge on any atom is 0.418 e. The predicted molar refractivity (Wildman–Crippen MR) is 49.4 cm³/mol. The molecule has 0 atom stereocenters. The molecule has 82 valence electrons. The fourth-order valence-corrected chi connectivity index (χ4v) is 1.11. The van der Waals surface area contributed by atoms with Crippen LogP contribution in [0.5, 0.6) is 0 Å². The molecule has 0 aliphatic heterocycles. The van der Waals surface area contributed by atoms with E-state index in [4.69, 9.17) is 17.4 Å². The van der Waals surface area contributed by atoms with Gasteiger partial charge in [-0.2, -0.15) is 13.2 Å². The molecule has 15 heavy (non-hydrogen) atoms. The van der Waals surface area contributed by atoms with E-state index in [2.05, 4.69) is 0 Å². The zero-order valence-corrected chi connectivity index (χ0v) is 8.01. The summed E-state index contributed by atoms with van der Waals surface area (Å²) >= 11 is 4.98. The quantitative estimate of drug-likeness (QED) is 0.269. The third kappa shape index (κ3) is 2.60. The molecule has 1 rings (SSSR count). The molecule has 0 aliphatic rings. The van der Waals surface area contributed by atoms with Crippen molar-refractivity contribution in [1.82, 2.24) is 0 Å². The molecule has 0 aliphatic carbocycles. The van der Waals surface area contributed by atoms with Gasteiger partial charge in [-0.1, -0.05) is 12.1 Å². The van der Waals surface area contributed by atoms with Crippen LogP contribution in [0.2, 0.25) is 0 Å². The van der Waals surface area contributed by atoms with Gasteiger partial charge in [-0.3, -0.25) is 4.79 Å². The van der Waals surface area contributed by atoms with Crippen LogP contribution in [0, 0.1) is 0 Å². The molecular formula is C8H6ClF3N2O. The summed E-state index contributed by atoms with van der Waals surface area (Å²) in [6, 6.07) is 4.39. The molecule has 1 amide bonds. The SMILES string of the molecule is NN(C(=O)Cl)c1ccccc1C(F)(F)F. The smallest absolute Gasteiger partial charge is 0.254 e. The van der Waals surface area contributed by atoms with E-state index in [0.29, 0.717) is 0 Å². The van der Waals surface area contributed by atoms with Crippen LogP contribution in [-0.2, 0) is 6.18 Å². The summed E-state index contributed by atoms with van der Waals surface area (Å²) in [6.07, 6.45) is -4.58. The van der Waals surface area contributed by atoms with Crippen molar-refractivity contribution < 1.29 is 18.0 Å². The largest absolute Gasteiger partial charge is 0.418 e. The Bertz CT molecular complexity index is 380. The van der Waals surface area contributed by atoms with E-state index in [0.717, 1.165) is 12.1 Å². The van der Waals surface area contributed by atoms with Crippen LogP contribution in [0.15, 0.2) is 24.3 Å². The molecule has 0 saturated carbocycles. The molecule has 2 N–H and O–H groups in total. The average Bonchev–Trinajstić information content (AvgIpc) is 2.15. The highest BCUT2D eigenvalue weighted by Crippen LogP contribution is 2.35. The number of nitrogens with zero attached hydrogens (tertiary/aromatic N) is 1. The molecule has 0 radical (unpaired) electrons. The Kier molecular flexibility index (Phi) is 3.21. The minimum atomic E-state index is -4.58. The van der Waals surface area contributed by atoms with E-state index >= 15 is 0 Å². The van der Waals surface area contributed by atoms with Gasteiger partial charge in [0, 0.05) is 0 Å². The lowest BCUT2D eigenvalue weighted by atomic mass is 10.1. The third-order valence-corrected chi connectivity index (χ3v) is 1.84. The molecular weight excluding hydrogens is 233 g/mol. The minimum absolute atomic E-state index is 0.240. The molecule has 1 aromatic carbocycles. The van der Waals surface area contributed by atoms with Crippen molar-refractivity contribution in [1.29, 1.82) is 0 Å². The number of anilines is 1. The molecule has 1 aromatic rings. The Morgan fingerprint density at radius 1 is 1.33 bits per heavy atom. The number of benzene rings is 1. The van der Waals surface area contributed by atoms with Crippen LogP contribution in [0.3, 0.4) is 0 Å². The second-order valence-corrected chi connectivity index (χ2v) is 2.96. The summed E-state index contributed by atoms with van der Waals surface area (Å²) in [4.78, 5) is 10.6. The van der Waals surface area contributed by atoms with Crippen molar-refractivity contribution in [3.05, 3.63) is 29.8 Å². The van der Waals surface area contributed by atoms with Gasteiger partial charge < -0.3 is 0 Å². The number of carbonyl (C=O) groups is 1. The van der Waals surface area contributed by atoms with Crippen molar-refractivity contribution in [2.45, 2.75) is 6.18 Å². The number of hydrogen-bond acceptors (Lipinski definition) is 2. The van der Waals surface area contributed by atoms with Crippen LogP contribution in [0.4, 0.5) is 23.7 Å². The van der Waals surface area contributed by atoms with Crippen molar-refractivity contribution >= 4 is 22.7 Å². The summed E-state index contributed by atoms with van der Waals surface area (Å²) in [5, 5.41) is -0.948. The van der Waals surface area contributed by atoms with E-state index in [1.165, 1.54) is 12.1 Å². The lowest BCUT2D eigenvalue weighted by Crippen LogP contribution is -2.34. The van der Waals surface area contributed by atoms with Crippen molar-refractivity contribution in [2.24, 2.45) is 5.84 Å². The van der Waals surface area contributed by atoms with Gasteiger partial charge in [-0.25, -0.2) is 10.9 Å². The summed E-state index contributed by atoms with van der Waals surface area (Å²) in [5.74, 6) is 5.09. The second-order valence-electron chi connectivity index (χ2n) is 2.64. The minimum Gasteiger partial charge on any atom is -0.254 e. The molecule has 0 bridgehead atoms. The van der Waals surface area contributed by atoms with Crippen LogP contribution in [0.25, 0.3) is 0 Å². The van der Waals surface area contributed by atoms with Crippen molar-refractivity contribution in [2.75, 3.05) is 5.01 Å². The fourth-order valence-electron chi connectivity index (χ4n) is 1.02. The second kappa shape index (κ2) is 4.08. The lowest BCUT2D eigenvalue weighted by Gasteiger charge is -2.18. The number of halogens is 4. The number of hydrazine groups is 1. The van der Waals surface area contributed by atoms with Crippen molar-refractivity contribution in [3.63, 3.8) is 0 Å². The summed E-state index contributed by atoms with van der Waals surface area (Å²) in [5.41, 5.74) is -1.49.